The third-order valence-electron chi connectivity index (χ3n) is 4.25. The van der Waals surface area contributed by atoms with Gasteiger partial charge in [0.2, 0.25) is 11.3 Å². The molecular weight excluding hydrogens is 428 g/mol. The highest BCUT2D eigenvalue weighted by atomic mass is 79.9. The number of nitrogens with two attached hydrogens (primary N) is 1. The van der Waals surface area contributed by atoms with Crippen molar-refractivity contribution in [2.45, 2.75) is 6.42 Å². The van der Waals surface area contributed by atoms with Crippen molar-refractivity contribution in [2.24, 2.45) is 0 Å². The van der Waals surface area contributed by atoms with Gasteiger partial charge >= 0.3 is 0 Å². The van der Waals surface area contributed by atoms with Gasteiger partial charge in [0, 0.05) is 11.0 Å². The fourth-order valence-corrected chi connectivity index (χ4v) is 3.21. The van der Waals surface area contributed by atoms with Gasteiger partial charge in [0.05, 0.1) is 19.6 Å². The number of carbonyl (C=O) groups is 1. The number of amides is 1. The molecule has 0 aliphatic rings. The van der Waals surface area contributed by atoms with Gasteiger partial charge in [0.25, 0.3) is 5.91 Å². The lowest BCUT2D eigenvalue weighted by atomic mass is 10.1. The van der Waals surface area contributed by atoms with Gasteiger partial charge in [-0.1, -0.05) is 22.0 Å². The Hall–Kier alpha value is -3.00. The minimum absolute atomic E-state index is 0.196. The summed E-state index contributed by atoms with van der Waals surface area (Å²) in [4.78, 5) is 25.2. The molecule has 0 spiro atoms. The highest BCUT2D eigenvalue weighted by Crippen LogP contribution is 2.27. The number of methoxy groups -OCH3 is 2. The lowest BCUT2D eigenvalue weighted by molar-refractivity contribution is 0.0952. The molecule has 0 bridgehead atoms. The Bertz CT molecular complexity index is 1090. The summed E-state index contributed by atoms with van der Waals surface area (Å²) in [6.07, 6.45) is 0.538. The smallest absolute Gasteiger partial charge is 0.260 e. The highest BCUT2D eigenvalue weighted by molar-refractivity contribution is 9.10. The van der Waals surface area contributed by atoms with Gasteiger partial charge in [-0.25, -0.2) is 0 Å². The topological polar surface area (TPSA) is 104 Å². The quantitative estimate of drug-likeness (QED) is 0.602. The van der Waals surface area contributed by atoms with Gasteiger partial charge in [0.1, 0.15) is 11.1 Å². The van der Waals surface area contributed by atoms with E-state index in [2.05, 4.69) is 21.2 Å². The van der Waals surface area contributed by atoms with Crippen LogP contribution in [0, 0.1) is 0 Å². The van der Waals surface area contributed by atoms with Crippen LogP contribution >= 0.6 is 15.9 Å². The van der Waals surface area contributed by atoms with E-state index in [-0.39, 0.29) is 16.8 Å². The fraction of sp³-hybridized carbons (Fsp3) is 0.200. The van der Waals surface area contributed by atoms with Crippen molar-refractivity contribution >= 4 is 38.7 Å². The number of hydrogen-bond donors (Lipinski definition) is 2. The van der Waals surface area contributed by atoms with Crippen molar-refractivity contribution in [2.75, 3.05) is 26.5 Å². The van der Waals surface area contributed by atoms with Crippen LogP contribution in [0.25, 0.3) is 11.0 Å². The summed E-state index contributed by atoms with van der Waals surface area (Å²) >= 11 is 3.30. The Morgan fingerprint density at radius 1 is 1.14 bits per heavy atom. The van der Waals surface area contributed by atoms with E-state index in [1.54, 1.807) is 38.5 Å². The first-order chi connectivity index (χ1) is 13.4. The Morgan fingerprint density at radius 3 is 2.61 bits per heavy atom. The molecule has 8 heteroatoms. The monoisotopic (exact) mass is 446 g/mol. The van der Waals surface area contributed by atoms with Gasteiger partial charge in [-0.15, -0.1) is 0 Å². The number of halogens is 1. The molecule has 2 aromatic carbocycles. The number of ether oxygens (including phenoxy) is 2. The molecule has 28 heavy (non-hydrogen) atoms. The Kier molecular flexibility index (Phi) is 5.89. The maximum atomic E-state index is 12.7. The van der Waals surface area contributed by atoms with E-state index in [0.717, 1.165) is 5.56 Å². The summed E-state index contributed by atoms with van der Waals surface area (Å²) in [7, 11) is 3.12. The van der Waals surface area contributed by atoms with E-state index in [1.807, 2.05) is 12.1 Å². The maximum Gasteiger partial charge on any atom is 0.260 e. The van der Waals surface area contributed by atoms with E-state index in [1.165, 1.54) is 0 Å². The Morgan fingerprint density at radius 2 is 1.89 bits per heavy atom. The van der Waals surface area contributed by atoms with Crippen LogP contribution in [0.1, 0.15) is 15.9 Å². The molecule has 0 aliphatic carbocycles. The molecule has 7 nitrogen and oxygen atoms in total. The predicted octanol–water partition coefficient (Wildman–Crippen LogP) is 3.13. The minimum atomic E-state index is -0.575. The van der Waals surface area contributed by atoms with Gasteiger partial charge < -0.3 is 24.9 Å². The van der Waals surface area contributed by atoms with E-state index < -0.39 is 11.3 Å². The van der Waals surface area contributed by atoms with Crippen LogP contribution in [0.5, 0.6) is 11.5 Å². The molecule has 0 saturated carbocycles. The van der Waals surface area contributed by atoms with E-state index >= 15 is 0 Å². The molecule has 3 rings (SSSR count). The molecule has 0 aliphatic heterocycles. The first-order valence-corrected chi connectivity index (χ1v) is 9.25. The lowest BCUT2D eigenvalue weighted by Crippen LogP contribution is -2.31. The van der Waals surface area contributed by atoms with E-state index in [0.29, 0.717) is 34.5 Å². The zero-order chi connectivity index (χ0) is 20.3. The van der Waals surface area contributed by atoms with Crippen LogP contribution in [0.15, 0.2) is 50.1 Å². The standard InChI is InChI=1S/C20H19BrN2O5/c1-26-15-5-3-11(9-16(15)27-2)7-8-23-20(25)17-18(24)13-10-12(21)4-6-14(13)28-19(17)22/h3-6,9-10H,7-8,22H2,1-2H3,(H,23,25). The van der Waals surface area contributed by atoms with Crippen molar-refractivity contribution in [1.82, 2.24) is 5.32 Å². The fourth-order valence-electron chi connectivity index (χ4n) is 2.84. The van der Waals surface area contributed by atoms with Crippen LogP contribution in [-0.4, -0.2) is 26.7 Å². The third-order valence-corrected chi connectivity index (χ3v) is 4.75. The van der Waals surface area contributed by atoms with Crippen molar-refractivity contribution in [3.8, 4) is 11.5 Å². The number of nitrogens with one attached hydrogen (secondary N) is 1. The first kappa shape index (κ1) is 19.8. The van der Waals surface area contributed by atoms with Crippen LogP contribution in [0.4, 0.5) is 5.88 Å². The van der Waals surface area contributed by atoms with Crippen molar-refractivity contribution in [1.29, 1.82) is 0 Å². The van der Waals surface area contributed by atoms with Crippen LogP contribution in [0.3, 0.4) is 0 Å². The van der Waals surface area contributed by atoms with Crippen LogP contribution in [0.2, 0.25) is 0 Å². The number of rotatable bonds is 6. The van der Waals surface area contributed by atoms with Crippen molar-refractivity contribution in [3.05, 3.63) is 62.2 Å². The molecule has 0 saturated heterocycles. The molecule has 3 aromatic rings. The maximum absolute atomic E-state index is 12.7. The SMILES string of the molecule is COc1ccc(CCNC(=O)c2c(N)oc3ccc(Br)cc3c2=O)cc1OC. The summed E-state index contributed by atoms with van der Waals surface area (Å²) in [6, 6.07) is 10.5. The first-order valence-electron chi connectivity index (χ1n) is 8.45. The van der Waals surface area contributed by atoms with Crippen molar-refractivity contribution < 1.29 is 18.7 Å². The Labute approximate surface area is 169 Å². The molecule has 1 heterocycles. The highest BCUT2D eigenvalue weighted by Gasteiger charge is 2.19. The van der Waals surface area contributed by atoms with E-state index in [4.69, 9.17) is 19.6 Å². The zero-order valence-corrected chi connectivity index (χ0v) is 17.0. The van der Waals surface area contributed by atoms with Gasteiger partial charge in [-0.2, -0.15) is 0 Å². The molecular formula is C20H19BrN2O5. The normalized spacial score (nSPS) is 10.7. The molecule has 146 valence electrons. The minimum Gasteiger partial charge on any atom is -0.493 e. The molecule has 1 aromatic heterocycles. The molecule has 1 amide bonds. The molecule has 0 atom stereocenters. The summed E-state index contributed by atoms with van der Waals surface area (Å²) in [5.41, 5.74) is 6.42. The molecule has 3 N–H and O–H groups in total. The van der Waals surface area contributed by atoms with Crippen LogP contribution < -0.4 is 26.0 Å². The van der Waals surface area contributed by atoms with Crippen molar-refractivity contribution in [3.63, 3.8) is 0 Å². The second-order valence-electron chi connectivity index (χ2n) is 6.01. The number of fused-ring (bicyclic) bond motifs is 1. The second kappa shape index (κ2) is 8.35. The summed E-state index contributed by atoms with van der Waals surface area (Å²) in [5, 5.41) is 3.00. The number of hydrogen-bond acceptors (Lipinski definition) is 6. The van der Waals surface area contributed by atoms with Gasteiger partial charge in [0.15, 0.2) is 11.5 Å². The van der Waals surface area contributed by atoms with Gasteiger partial charge in [-0.05, 0) is 42.3 Å². The zero-order valence-electron chi connectivity index (χ0n) is 15.4. The number of carbonyl (C=O) groups excluding carboxylic acids is 1. The number of nitrogen functional groups attached to an aromatic ring is 1. The molecule has 0 fully saturated rings. The summed E-state index contributed by atoms with van der Waals surface area (Å²) in [6.45, 7) is 0.309. The number of benzene rings is 2. The predicted molar refractivity (Wildman–Crippen MR) is 110 cm³/mol. The summed E-state index contributed by atoms with van der Waals surface area (Å²) in [5.74, 6) is 0.455. The lowest BCUT2D eigenvalue weighted by Gasteiger charge is -2.10. The van der Waals surface area contributed by atoms with E-state index in [9.17, 15) is 9.59 Å². The largest absolute Gasteiger partial charge is 0.493 e. The number of anilines is 1. The second-order valence-corrected chi connectivity index (χ2v) is 6.92. The van der Waals surface area contributed by atoms with Gasteiger partial charge in [-0.3, -0.25) is 9.59 Å². The summed E-state index contributed by atoms with van der Waals surface area (Å²) < 4.78 is 16.6. The Balaban J connectivity index is 1.76. The molecule has 0 radical (unpaired) electrons. The third kappa shape index (κ3) is 3.96. The average Bonchev–Trinajstić information content (AvgIpc) is 2.68. The average molecular weight is 447 g/mol. The molecule has 0 unspecified atom stereocenters. The van der Waals surface area contributed by atoms with Crippen LogP contribution in [-0.2, 0) is 6.42 Å².